The Kier molecular flexibility index (Phi) is 5.27. The number of nitrogens with two attached hydrogens (primary N) is 1. The van der Waals surface area contributed by atoms with Crippen LogP contribution in [0.2, 0.25) is 0 Å². The summed E-state index contributed by atoms with van der Waals surface area (Å²) in [6.07, 6.45) is 0. The maximum atomic E-state index is 11.6. The van der Waals surface area contributed by atoms with Gasteiger partial charge >= 0.3 is 0 Å². The average Bonchev–Trinajstić information content (AvgIpc) is 2.15. The molecule has 0 amide bonds. The van der Waals surface area contributed by atoms with E-state index in [9.17, 15) is 9.90 Å². The van der Waals surface area contributed by atoms with Crippen LogP contribution in [-0.2, 0) is 0 Å². The standard InChI is InChI=1S/C9H15N5O2.2ClH/c1-9(2,16)4-3-11-6-5(12-4)7(15)14-8(10)13-6;;/h4,12,16H,3H2,1-2H3,(H4,10,11,13,14,15);2*1H. The number of nitrogens with zero attached hydrogens (tertiary/aromatic N) is 1. The lowest BCUT2D eigenvalue weighted by atomic mass is 9.97. The van der Waals surface area contributed by atoms with Gasteiger partial charge in [0.15, 0.2) is 5.82 Å². The van der Waals surface area contributed by atoms with Gasteiger partial charge in [-0.15, -0.1) is 24.8 Å². The van der Waals surface area contributed by atoms with Crippen LogP contribution in [0.1, 0.15) is 13.8 Å². The third kappa shape index (κ3) is 3.18. The first-order valence-corrected chi connectivity index (χ1v) is 5.00. The molecule has 9 heteroatoms. The fourth-order valence-corrected chi connectivity index (χ4v) is 1.60. The van der Waals surface area contributed by atoms with E-state index in [0.29, 0.717) is 18.1 Å². The number of anilines is 3. The lowest BCUT2D eigenvalue weighted by Crippen LogP contribution is -2.50. The molecule has 0 bridgehead atoms. The zero-order chi connectivity index (χ0) is 11.9. The number of aliphatic hydroxyl groups is 1. The molecule has 0 fully saturated rings. The van der Waals surface area contributed by atoms with Crippen LogP contribution in [-0.4, -0.2) is 33.3 Å². The van der Waals surface area contributed by atoms with Crippen molar-refractivity contribution in [1.29, 1.82) is 0 Å². The molecule has 2 rings (SSSR count). The molecule has 1 aromatic rings. The summed E-state index contributed by atoms with van der Waals surface area (Å²) < 4.78 is 0. The summed E-state index contributed by atoms with van der Waals surface area (Å²) in [5.41, 5.74) is 4.46. The Bertz CT molecular complexity index is 471. The highest BCUT2D eigenvalue weighted by molar-refractivity contribution is 5.85. The van der Waals surface area contributed by atoms with E-state index < -0.39 is 5.60 Å². The van der Waals surface area contributed by atoms with Gasteiger partial charge in [0.05, 0.1) is 11.6 Å². The van der Waals surface area contributed by atoms with Crippen molar-refractivity contribution < 1.29 is 5.11 Å². The molecule has 0 radical (unpaired) electrons. The Morgan fingerprint density at radius 1 is 1.44 bits per heavy atom. The monoisotopic (exact) mass is 297 g/mol. The fourth-order valence-electron chi connectivity index (χ4n) is 1.60. The second kappa shape index (κ2) is 5.64. The van der Waals surface area contributed by atoms with Gasteiger partial charge in [0.2, 0.25) is 5.95 Å². The molecule has 0 spiro atoms. The predicted molar refractivity (Wildman–Crippen MR) is 76.0 cm³/mol. The van der Waals surface area contributed by atoms with Gasteiger partial charge < -0.3 is 21.5 Å². The number of fused-ring (bicyclic) bond motifs is 1. The first kappa shape index (κ1) is 16.8. The molecule has 1 atom stereocenters. The lowest BCUT2D eigenvalue weighted by Gasteiger charge is -2.34. The van der Waals surface area contributed by atoms with Gasteiger partial charge in [0.1, 0.15) is 5.69 Å². The Morgan fingerprint density at radius 3 is 2.61 bits per heavy atom. The van der Waals surface area contributed by atoms with E-state index in [1.165, 1.54) is 0 Å². The number of nitrogen functional groups attached to an aromatic ring is 1. The summed E-state index contributed by atoms with van der Waals surface area (Å²) >= 11 is 0. The molecule has 0 aliphatic carbocycles. The Hall–Kier alpha value is -1.18. The quantitative estimate of drug-likeness (QED) is 0.505. The summed E-state index contributed by atoms with van der Waals surface area (Å²) in [4.78, 5) is 18.0. The van der Waals surface area contributed by atoms with Crippen LogP contribution in [0, 0.1) is 0 Å². The third-order valence-electron chi connectivity index (χ3n) is 2.58. The van der Waals surface area contributed by atoms with Gasteiger partial charge in [-0.25, -0.2) is 0 Å². The molecule has 1 aromatic heterocycles. The molecular formula is C9H17Cl2N5O2. The van der Waals surface area contributed by atoms with Crippen LogP contribution in [0.4, 0.5) is 17.5 Å². The number of rotatable bonds is 1. The molecule has 1 unspecified atom stereocenters. The normalized spacial score (nSPS) is 17.4. The SMILES string of the molecule is CC(C)(O)C1CNc2nc(N)[nH]c(=O)c2N1.Cl.Cl. The van der Waals surface area contributed by atoms with Crippen molar-refractivity contribution in [3.63, 3.8) is 0 Å². The maximum absolute atomic E-state index is 11.6. The van der Waals surface area contributed by atoms with Gasteiger partial charge in [-0.05, 0) is 13.8 Å². The minimum absolute atomic E-state index is 0. The number of aromatic amines is 1. The van der Waals surface area contributed by atoms with Crippen LogP contribution in [0.15, 0.2) is 4.79 Å². The van der Waals surface area contributed by atoms with Gasteiger partial charge in [0, 0.05) is 6.54 Å². The summed E-state index contributed by atoms with van der Waals surface area (Å²) in [6, 6.07) is -0.258. The highest BCUT2D eigenvalue weighted by Crippen LogP contribution is 2.24. The van der Waals surface area contributed by atoms with E-state index in [4.69, 9.17) is 5.73 Å². The van der Waals surface area contributed by atoms with E-state index in [2.05, 4.69) is 20.6 Å². The minimum Gasteiger partial charge on any atom is -0.388 e. The molecule has 1 aliphatic heterocycles. The Balaban J connectivity index is 0.00000144. The van der Waals surface area contributed by atoms with Crippen molar-refractivity contribution in [1.82, 2.24) is 9.97 Å². The van der Waals surface area contributed by atoms with Crippen LogP contribution in [0.5, 0.6) is 0 Å². The van der Waals surface area contributed by atoms with Crippen LogP contribution < -0.4 is 21.9 Å². The Labute approximate surface area is 116 Å². The fraction of sp³-hybridized carbons (Fsp3) is 0.556. The number of hydrogen-bond donors (Lipinski definition) is 5. The van der Waals surface area contributed by atoms with Crippen molar-refractivity contribution in [2.45, 2.75) is 25.5 Å². The van der Waals surface area contributed by atoms with E-state index in [1.54, 1.807) is 13.8 Å². The zero-order valence-electron chi connectivity index (χ0n) is 9.98. The van der Waals surface area contributed by atoms with Crippen LogP contribution in [0.3, 0.4) is 0 Å². The van der Waals surface area contributed by atoms with Gasteiger partial charge in [0.25, 0.3) is 5.56 Å². The zero-order valence-corrected chi connectivity index (χ0v) is 11.6. The van der Waals surface area contributed by atoms with Crippen LogP contribution >= 0.6 is 24.8 Å². The molecule has 6 N–H and O–H groups in total. The number of halogens is 2. The molecule has 0 aromatic carbocycles. The van der Waals surface area contributed by atoms with Gasteiger partial charge in [-0.2, -0.15) is 4.98 Å². The smallest absolute Gasteiger partial charge is 0.277 e. The Morgan fingerprint density at radius 2 is 2.06 bits per heavy atom. The molecule has 7 nitrogen and oxygen atoms in total. The van der Waals surface area contributed by atoms with Crippen molar-refractivity contribution >= 4 is 42.3 Å². The van der Waals surface area contributed by atoms with Crippen molar-refractivity contribution in [2.75, 3.05) is 22.9 Å². The summed E-state index contributed by atoms with van der Waals surface area (Å²) in [5, 5.41) is 15.8. The number of H-pyrrole nitrogens is 1. The molecule has 104 valence electrons. The van der Waals surface area contributed by atoms with Crippen LogP contribution in [0.25, 0.3) is 0 Å². The molecule has 1 aliphatic rings. The maximum Gasteiger partial charge on any atom is 0.277 e. The molecule has 2 heterocycles. The first-order chi connectivity index (χ1) is 7.38. The minimum atomic E-state index is -0.932. The summed E-state index contributed by atoms with van der Waals surface area (Å²) in [6.45, 7) is 3.83. The van der Waals surface area contributed by atoms with E-state index in [-0.39, 0.29) is 42.4 Å². The molecular weight excluding hydrogens is 281 g/mol. The topological polar surface area (TPSA) is 116 Å². The molecule has 18 heavy (non-hydrogen) atoms. The predicted octanol–water partition coefficient (Wildman–Crippen LogP) is 0.173. The average molecular weight is 298 g/mol. The van der Waals surface area contributed by atoms with Gasteiger partial charge in [-0.3, -0.25) is 9.78 Å². The summed E-state index contributed by atoms with van der Waals surface area (Å²) in [5.74, 6) is 0.488. The third-order valence-corrected chi connectivity index (χ3v) is 2.58. The first-order valence-electron chi connectivity index (χ1n) is 5.00. The van der Waals surface area contributed by atoms with Crippen molar-refractivity contribution in [3.8, 4) is 0 Å². The largest absolute Gasteiger partial charge is 0.388 e. The van der Waals surface area contributed by atoms with E-state index in [1.807, 2.05) is 0 Å². The van der Waals surface area contributed by atoms with E-state index >= 15 is 0 Å². The molecule has 0 saturated carbocycles. The summed E-state index contributed by atoms with van der Waals surface area (Å²) in [7, 11) is 0. The highest BCUT2D eigenvalue weighted by Gasteiger charge is 2.31. The van der Waals surface area contributed by atoms with Crippen molar-refractivity contribution in [3.05, 3.63) is 10.4 Å². The van der Waals surface area contributed by atoms with Gasteiger partial charge in [-0.1, -0.05) is 0 Å². The second-order valence-corrected chi connectivity index (χ2v) is 4.41. The molecule has 0 saturated heterocycles. The second-order valence-electron chi connectivity index (χ2n) is 4.41. The lowest BCUT2D eigenvalue weighted by molar-refractivity contribution is 0.0624. The number of aromatic nitrogens is 2. The van der Waals surface area contributed by atoms with Crippen molar-refractivity contribution in [2.24, 2.45) is 0 Å². The number of hydrogen-bond acceptors (Lipinski definition) is 6. The highest BCUT2D eigenvalue weighted by atomic mass is 35.5. The van der Waals surface area contributed by atoms with E-state index in [0.717, 1.165) is 0 Å². The number of nitrogens with one attached hydrogen (secondary N) is 3.